The Morgan fingerprint density at radius 1 is 1.15 bits per heavy atom. The van der Waals surface area contributed by atoms with Gasteiger partial charge in [0.25, 0.3) is 0 Å². The Morgan fingerprint density at radius 2 is 1.65 bits per heavy atom. The number of rotatable bonds is 2. The third kappa shape index (κ3) is 2.17. The zero-order chi connectivity index (χ0) is 15.3. The average Bonchev–Trinajstić information content (AvgIpc) is 2.32. The predicted octanol–water partition coefficient (Wildman–Crippen LogP) is 4.38. The van der Waals surface area contributed by atoms with E-state index in [1.165, 1.54) is 5.56 Å². The number of alkyl halides is 1. The number of benzene rings is 1. The molecule has 110 valence electrons. The summed E-state index contributed by atoms with van der Waals surface area (Å²) in [6.07, 6.45) is 0. The van der Waals surface area contributed by atoms with Gasteiger partial charge in [-0.2, -0.15) is 0 Å². The maximum Gasteiger partial charge on any atom is 0.239 e. The zero-order valence-electron chi connectivity index (χ0n) is 13.2. The molecule has 0 aliphatic carbocycles. The van der Waals surface area contributed by atoms with Gasteiger partial charge in [-0.3, -0.25) is 4.79 Å². The van der Waals surface area contributed by atoms with Crippen molar-refractivity contribution in [1.82, 2.24) is 4.90 Å². The van der Waals surface area contributed by atoms with Gasteiger partial charge >= 0.3 is 0 Å². The molecule has 1 saturated heterocycles. The van der Waals surface area contributed by atoms with E-state index in [9.17, 15) is 4.79 Å². The van der Waals surface area contributed by atoms with Crippen molar-refractivity contribution in [1.29, 1.82) is 0 Å². The maximum atomic E-state index is 12.9. The van der Waals surface area contributed by atoms with E-state index in [2.05, 4.69) is 80.6 Å². The first-order valence-electron chi connectivity index (χ1n) is 7.09. The molecule has 2 rings (SSSR count). The number of likely N-dealkylation sites (tertiary alicyclic amines) is 1. The second kappa shape index (κ2) is 4.70. The van der Waals surface area contributed by atoms with Crippen LogP contribution < -0.4 is 0 Å². The van der Waals surface area contributed by atoms with Crippen LogP contribution in [0.4, 0.5) is 0 Å². The van der Waals surface area contributed by atoms with Crippen LogP contribution in [0.25, 0.3) is 0 Å². The molecule has 1 heterocycles. The number of hydrogen-bond donors (Lipinski definition) is 0. The molecule has 4 heteroatoms. The summed E-state index contributed by atoms with van der Waals surface area (Å²) < 4.78 is -0.394. The first kappa shape index (κ1) is 15.8. The first-order valence-corrected chi connectivity index (χ1v) is 11.4. The van der Waals surface area contributed by atoms with Crippen molar-refractivity contribution < 1.29 is 4.79 Å². The topological polar surface area (TPSA) is 20.3 Å². The largest absolute Gasteiger partial charge is 0.328 e. The van der Waals surface area contributed by atoms with E-state index in [0.29, 0.717) is 0 Å². The Morgan fingerprint density at radius 3 is 2.05 bits per heavy atom. The van der Waals surface area contributed by atoms with Crippen molar-refractivity contribution in [3.63, 3.8) is 0 Å². The highest BCUT2D eigenvalue weighted by molar-refractivity contribution is 9.11. The van der Waals surface area contributed by atoms with Crippen LogP contribution in [0.15, 0.2) is 30.3 Å². The Hall–Kier alpha value is -0.613. The predicted molar refractivity (Wildman–Crippen MR) is 90.8 cm³/mol. The van der Waals surface area contributed by atoms with Crippen molar-refractivity contribution in [3.05, 3.63) is 35.9 Å². The molecule has 1 aliphatic rings. The molecule has 1 amide bonds. The van der Waals surface area contributed by atoms with Crippen LogP contribution in [0.5, 0.6) is 0 Å². The Labute approximate surface area is 131 Å². The molecule has 0 saturated carbocycles. The lowest BCUT2D eigenvalue weighted by molar-refractivity contribution is -0.156. The second-order valence-corrected chi connectivity index (χ2v) is 14.9. The maximum absolute atomic E-state index is 12.9. The minimum Gasteiger partial charge on any atom is -0.328 e. The van der Waals surface area contributed by atoms with Gasteiger partial charge in [-0.05, 0) is 26.3 Å². The number of halogens is 1. The van der Waals surface area contributed by atoms with Gasteiger partial charge in [0.1, 0.15) is 3.95 Å². The van der Waals surface area contributed by atoms with E-state index in [1.54, 1.807) is 0 Å². The van der Waals surface area contributed by atoms with Gasteiger partial charge in [0.2, 0.25) is 5.91 Å². The minimum atomic E-state index is -1.70. The fourth-order valence-electron chi connectivity index (χ4n) is 2.96. The van der Waals surface area contributed by atoms with Gasteiger partial charge in [-0.1, -0.05) is 65.9 Å². The number of carbonyl (C=O) groups excluding carboxylic acids is 1. The summed E-state index contributed by atoms with van der Waals surface area (Å²) in [6.45, 7) is 13.1. The third-order valence-corrected chi connectivity index (χ3v) is 11.1. The molecule has 0 spiro atoms. The van der Waals surface area contributed by atoms with Gasteiger partial charge in [-0.25, -0.2) is 0 Å². The van der Waals surface area contributed by atoms with E-state index in [4.69, 9.17) is 0 Å². The first-order chi connectivity index (χ1) is 9.01. The molecule has 2 unspecified atom stereocenters. The fraction of sp³-hybridized carbons (Fsp3) is 0.562. The molecular weight excluding hydrogens is 330 g/mol. The highest BCUT2D eigenvalue weighted by Crippen LogP contribution is 2.56. The van der Waals surface area contributed by atoms with Crippen LogP contribution in [0.3, 0.4) is 0 Å². The smallest absolute Gasteiger partial charge is 0.239 e. The molecule has 0 bridgehead atoms. The van der Waals surface area contributed by atoms with Crippen LogP contribution >= 0.6 is 15.9 Å². The van der Waals surface area contributed by atoms with Crippen molar-refractivity contribution in [2.75, 3.05) is 0 Å². The molecule has 20 heavy (non-hydrogen) atoms. The van der Waals surface area contributed by atoms with Crippen LogP contribution in [-0.2, 0) is 4.79 Å². The normalized spacial score (nSPS) is 27.4. The molecule has 0 radical (unpaired) electrons. The van der Waals surface area contributed by atoms with Gasteiger partial charge < -0.3 is 4.90 Å². The summed E-state index contributed by atoms with van der Waals surface area (Å²) in [5.41, 5.74) is 1.07. The Balaban J connectivity index is 2.54. The van der Waals surface area contributed by atoms with E-state index in [0.717, 1.165) is 0 Å². The molecule has 1 fully saturated rings. The van der Waals surface area contributed by atoms with Gasteiger partial charge in [-0.15, -0.1) is 0 Å². The summed E-state index contributed by atoms with van der Waals surface area (Å²) in [6, 6.07) is 10.5. The van der Waals surface area contributed by atoms with E-state index >= 15 is 0 Å². The number of β-lactam (4-membered cyclic amide) rings is 1. The number of nitrogens with zero attached hydrogens (tertiary/aromatic N) is 1. The monoisotopic (exact) mass is 353 g/mol. The Bertz CT molecular complexity index is 518. The highest BCUT2D eigenvalue weighted by atomic mass is 79.9. The minimum absolute atomic E-state index is 0.128. The van der Waals surface area contributed by atoms with Crippen LogP contribution in [0.2, 0.25) is 19.6 Å². The fourth-order valence-corrected chi connectivity index (χ4v) is 5.50. The summed E-state index contributed by atoms with van der Waals surface area (Å²) in [5.74, 6) is 0.248. The van der Waals surface area contributed by atoms with Gasteiger partial charge in [0, 0.05) is 5.54 Å². The van der Waals surface area contributed by atoms with E-state index < -0.39 is 12.0 Å². The van der Waals surface area contributed by atoms with Crippen LogP contribution in [0, 0.1) is 0 Å². The molecule has 2 nitrogen and oxygen atoms in total. The van der Waals surface area contributed by atoms with Crippen LogP contribution in [-0.4, -0.2) is 28.4 Å². The molecule has 0 aromatic heterocycles. The van der Waals surface area contributed by atoms with Crippen molar-refractivity contribution in [2.24, 2.45) is 0 Å². The standard InChI is InChI=1S/C16H24BrNOSi/c1-15(2,3)18-13(12-10-8-7-9-11-12)16(17,14(18)19)20(4,5)6/h7-11,13H,1-6H3. The van der Waals surface area contributed by atoms with Crippen molar-refractivity contribution >= 4 is 29.9 Å². The lowest BCUT2D eigenvalue weighted by atomic mass is 9.87. The second-order valence-electron chi connectivity index (χ2n) is 7.62. The lowest BCUT2D eigenvalue weighted by Gasteiger charge is -2.62. The molecular formula is C16H24BrNOSi. The van der Waals surface area contributed by atoms with E-state index in [1.807, 2.05) is 11.0 Å². The number of carbonyl (C=O) groups is 1. The van der Waals surface area contributed by atoms with Gasteiger partial charge in [0.15, 0.2) is 0 Å². The summed E-state index contributed by atoms with van der Waals surface area (Å²) >= 11 is 3.86. The summed E-state index contributed by atoms with van der Waals surface area (Å²) in [5, 5.41) is 0. The van der Waals surface area contributed by atoms with Gasteiger partial charge in [0.05, 0.1) is 14.1 Å². The summed E-state index contributed by atoms with van der Waals surface area (Å²) in [4.78, 5) is 14.9. The van der Waals surface area contributed by atoms with E-state index in [-0.39, 0.29) is 17.5 Å². The number of hydrogen-bond acceptors (Lipinski definition) is 1. The molecule has 2 atom stereocenters. The number of amides is 1. The molecule has 1 aromatic rings. The molecule has 0 N–H and O–H groups in total. The lowest BCUT2D eigenvalue weighted by Crippen LogP contribution is -2.77. The molecule has 1 aromatic carbocycles. The van der Waals surface area contributed by atoms with Crippen molar-refractivity contribution in [2.45, 2.75) is 55.9 Å². The molecule has 1 aliphatic heterocycles. The SMILES string of the molecule is CC(C)(C)N1C(=O)C(Br)([Si](C)(C)C)C1c1ccccc1. The average molecular weight is 354 g/mol. The van der Waals surface area contributed by atoms with Crippen molar-refractivity contribution in [3.8, 4) is 0 Å². The van der Waals surface area contributed by atoms with Crippen LogP contribution in [0.1, 0.15) is 32.4 Å². The Kier molecular flexibility index (Phi) is 3.71. The summed E-state index contributed by atoms with van der Waals surface area (Å²) in [7, 11) is -1.70. The quantitative estimate of drug-likeness (QED) is 0.438. The third-order valence-electron chi connectivity index (χ3n) is 4.09. The highest BCUT2D eigenvalue weighted by Gasteiger charge is 2.67. The zero-order valence-corrected chi connectivity index (χ0v) is 15.8.